The minimum Gasteiger partial charge on any atom is -0.497 e. The third-order valence-electron chi connectivity index (χ3n) is 4.11. The Morgan fingerprint density at radius 1 is 1.19 bits per heavy atom. The van der Waals surface area contributed by atoms with Crippen LogP contribution in [-0.4, -0.2) is 42.5 Å². The number of hydrogen-bond donors (Lipinski definition) is 2. The SMILES string of the molecule is CCNC(=NCCCn1nc(C)cc1C)NCCc1ccc(OC)cc1. The number of ether oxygens (including phenoxy) is 1. The van der Waals surface area contributed by atoms with E-state index < -0.39 is 0 Å². The van der Waals surface area contributed by atoms with Crippen molar-refractivity contribution in [1.29, 1.82) is 0 Å². The van der Waals surface area contributed by atoms with E-state index >= 15 is 0 Å². The molecule has 0 spiro atoms. The molecule has 142 valence electrons. The molecule has 6 nitrogen and oxygen atoms in total. The minimum absolute atomic E-state index is 0.774. The number of nitrogens with one attached hydrogen (secondary N) is 2. The Labute approximate surface area is 156 Å². The van der Waals surface area contributed by atoms with Crippen LogP contribution in [0.3, 0.4) is 0 Å². The molecule has 0 aliphatic rings. The summed E-state index contributed by atoms with van der Waals surface area (Å²) < 4.78 is 7.24. The average molecular weight is 358 g/mol. The van der Waals surface area contributed by atoms with Gasteiger partial charge in [0.2, 0.25) is 0 Å². The van der Waals surface area contributed by atoms with Crippen LogP contribution in [-0.2, 0) is 13.0 Å². The van der Waals surface area contributed by atoms with Crippen molar-refractivity contribution in [3.8, 4) is 5.75 Å². The molecular weight excluding hydrogens is 326 g/mol. The summed E-state index contributed by atoms with van der Waals surface area (Å²) in [6.45, 7) is 9.56. The highest BCUT2D eigenvalue weighted by Gasteiger charge is 2.01. The van der Waals surface area contributed by atoms with Gasteiger partial charge in [0.25, 0.3) is 0 Å². The predicted octanol–water partition coefficient (Wildman–Crippen LogP) is 2.70. The third-order valence-corrected chi connectivity index (χ3v) is 4.11. The van der Waals surface area contributed by atoms with Gasteiger partial charge in [0.15, 0.2) is 5.96 Å². The minimum atomic E-state index is 0.774. The van der Waals surface area contributed by atoms with Crippen LogP contribution in [0.1, 0.15) is 30.3 Å². The Kier molecular flexibility index (Phi) is 7.99. The standard InChI is InChI=1S/C20H31N5O/c1-5-21-20(22-12-6-14-25-17(3)15-16(2)24-25)23-13-11-18-7-9-19(26-4)10-8-18/h7-10,15H,5-6,11-14H2,1-4H3,(H2,21,22,23). The molecule has 0 aliphatic carbocycles. The molecule has 0 bridgehead atoms. The summed E-state index contributed by atoms with van der Waals surface area (Å²) in [5.74, 6) is 1.76. The van der Waals surface area contributed by atoms with Crippen molar-refractivity contribution < 1.29 is 4.74 Å². The fraction of sp³-hybridized carbons (Fsp3) is 0.500. The molecule has 2 aromatic rings. The molecule has 0 fully saturated rings. The molecule has 2 rings (SSSR count). The van der Waals surface area contributed by atoms with E-state index in [1.165, 1.54) is 11.3 Å². The summed E-state index contributed by atoms with van der Waals surface area (Å²) in [6, 6.07) is 10.3. The van der Waals surface area contributed by atoms with Gasteiger partial charge in [0.05, 0.1) is 12.8 Å². The maximum absolute atomic E-state index is 5.19. The molecule has 2 N–H and O–H groups in total. The first-order valence-electron chi connectivity index (χ1n) is 9.28. The van der Waals surface area contributed by atoms with Crippen LogP contribution in [0.4, 0.5) is 0 Å². The van der Waals surface area contributed by atoms with Crippen LogP contribution in [0.2, 0.25) is 0 Å². The van der Waals surface area contributed by atoms with Gasteiger partial charge < -0.3 is 15.4 Å². The first-order chi connectivity index (χ1) is 12.6. The van der Waals surface area contributed by atoms with Gasteiger partial charge in [-0.1, -0.05) is 12.1 Å². The third kappa shape index (κ3) is 6.43. The zero-order valence-corrected chi connectivity index (χ0v) is 16.4. The van der Waals surface area contributed by atoms with E-state index in [0.717, 1.165) is 56.4 Å². The average Bonchev–Trinajstić information content (AvgIpc) is 2.96. The second-order valence-electron chi connectivity index (χ2n) is 6.29. The summed E-state index contributed by atoms with van der Waals surface area (Å²) >= 11 is 0. The Bertz CT molecular complexity index is 691. The molecule has 26 heavy (non-hydrogen) atoms. The Morgan fingerprint density at radius 3 is 2.58 bits per heavy atom. The first kappa shape index (κ1) is 19.8. The van der Waals surface area contributed by atoms with E-state index in [0.29, 0.717) is 0 Å². The van der Waals surface area contributed by atoms with Gasteiger partial charge in [-0.25, -0.2) is 0 Å². The van der Waals surface area contributed by atoms with Crippen LogP contribution in [0.15, 0.2) is 35.3 Å². The van der Waals surface area contributed by atoms with Crippen LogP contribution in [0.25, 0.3) is 0 Å². The molecule has 0 amide bonds. The number of guanidine groups is 1. The predicted molar refractivity (Wildman–Crippen MR) is 107 cm³/mol. The summed E-state index contributed by atoms with van der Waals surface area (Å²) in [5.41, 5.74) is 3.55. The van der Waals surface area contributed by atoms with Crippen molar-refractivity contribution in [3.63, 3.8) is 0 Å². The molecule has 1 aromatic carbocycles. The normalized spacial score (nSPS) is 11.5. The van der Waals surface area contributed by atoms with Crippen molar-refractivity contribution in [1.82, 2.24) is 20.4 Å². The zero-order chi connectivity index (χ0) is 18.8. The van der Waals surface area contributed by atoms with Crippen molar-refractivity contribution in [2.24, 2.45) is 4.99 Å². The highest BCUT2D eigenvalue weighted by Crippen LogP contribution is 2.11. The number of aliphatic imine (C=N–C) groups is 1. The smallest absolute Gasteiger partial charge is 0.191 e. The Hall–Kier alpha value is -2.50. The molecule has 0 saturated heterocycles. The van der Waals surface area contributed by atoms with Gasteiger partial charge in [0, 0.05) is 31.9 Å². The summed E-state index contributed by atoms with van der Waals surface area (Å²) in [5, 5.41) is 11.2. The van der Waals surface area contributed by atoms with Gasteiger partial charge in [-0.2, -0.15) is 5.10 Å². The first-order valence-corrected chi connectivity index (χ1v) is 9.28. The van der Waals surface area contributed by atoms with E-state index in [-0.39, 0.29) is 0 Å². The monoisotopic (exact) mass is 357 g/mol. The van der Waals surface area contributed by atoms with E-state index in [4.69, 9.17) is 4.74 Å². The molecule has 1 heterocycles. The summed E-state index contributed by atoms with van der Waals surface area (Å²) in [6.07, 6.45) is 1.91. The van der Waals surface area contributed by atoms with Gasteiger partial charge in [-0.05, 0) is 57.4 Å². The van der Waals surface area contributed by atoms with Gasteiger partial charge in [-0.3, -0.25) is 9.67 Å². The molecule has 0 unspecified atom stereocenters. The number of hydrogen-bond acceptors (Lipinski definition) is 3. The number of aromatic nitrogens is 2. The van der Waals surface area contributed by atoms with Crippen molar-refractivity contribution in [2.45, 2.75) is 40.2 Å². The molecule has 0 atom stereocenters. The van der Waals surface area contributed by atoms with E-state index in [2.05, 4.69) is 57.5 Å². The van der Waals surface area contributed by atoms with E-state index in [9.17, 15) is 0 Å². The maximum Gasteiger partial charge on any atom is 0.191 e. The zero-order valence-electron chi connectivity index (χ0n) is 16.4. The van der Waals surface area contributed by atoms with Crippen LogP contribution in [0.5, 0.6) is 5.75 Å². The second kappa shape index (κ2) is 10.5. The number of aryl methyl sites for hydroxylation is 3. The molecule has 6 heteroatoms. The number of methoxy groups -OCH3 is 1. The molecule has 0 saturated carbocycles. The van der Waals surface area contributed by atoms with E-state index in [1.54, 1.807) is 7.11 Å². The topological polar surface area (TPSA) is 63.5 Å². The van der Waals surface area contributed by atoms with Gasteiger partial charge >= 0.3 is 0 Å². The lowest BCUT2D eigenvalue weighted by Crippen LogP contribution is -2.38. The molecule has 1 aromatic heterocycles. The fourth-order valence-electron chi connectivity index (χ4n) is 2.77. The number of rotatable bonds is 9. The van der Waals surface area contributed by atoms with Crippen molar-refractivity contribution in [2.75, 3.05) is 26.7 Å². The molecule has 0 aliphatic heterocycles. The Balaban J connectivity index is 1.75. The lowest BCUT2D eigenvalue weighted by Gasteiger charge is -2.11. The fourth-order valence-corrected chi connectivity index (χ4v) is 2.77. The maximum atomic E-state index is 5.19. The lowest BCUT2D eigenvalue weighted by molar-refractivity contribution is 0.414. The van der Waals surface area contributed by atoms with Crippen molar-refractivity contribution in [3.05, 3.63) is 47.3 Å². The quantitative estimate of drug-likeness (QED) is 0.411. The van der Waals surface area contributed by atoms with Gasteiger partial charge in [-0.15, -0.1) is 0 Å². The largest absolute Gasteiger partial charge is 0.497 e. The summed E-state index contributed by atoms with van der Waals surface area (Å²) in [4.78, 5) is 4.66. The molecular formula is C20H31N5O. The van der Waals surface area contributed by atoms with E-state index in [1.807, 2.05) is 19.1 Å². The van der Waals surface area contributed by atoms with Crippen LogP contribution >= 0.6 is 0 Å². The number of benzene rings is 1. The number of nitrogens with zero attached hydrogens (tertiary/aromatic N) is 3. The highest BCUT2D eigenvalue weighted by atomic mass is 16.5. The molecule has 0 radical (unpaired) electrons. The van der Waals surface area contributed by atoms with Gasteiger partial charge in [0.1, 0.15) is 5.75 Å². The van der Waals surface area contributed by atoms with Crippen LogP contribution in [0, 0.1) is 13.8 Å². The highest BCUT2D eigenvalue weighted by molar-refractivity contribution is 5.79. The second-order valence-corrected chi connectivity index (χ2v) is 6.29. The Morgan fingerprint density at radius 2 is 1.96 bits per heavy atom. The lowest BCUT2D eigenvalue weighted by atomic mass is 10.1. The summed E-state index contributed by atoms with van der Waals surface area (Å²) in [7, 11) is 1.69. The van der Waals surface area contributed by atoms with Crippen LogP contribution < -0.4 is 15.4 Å². The van der Waals surface area contributed by atoms with Crippen molar-refractivity contribution >= 4 is 5.96 Å².